The van der Waals surface area contributed by atoms with Crippen LogP contribution in [0, 0.1) is 0 Å². The van der Waals surface area contributed by atoms with Crippen LogP contribution < -0.4 is 10.5 Å². The van der Waals surface area contributed by atoms with Gasteiger partial charge in [-0.2, -0.15) is 0 Å². The monoisotopic (exact) mass is 410 g/mol. The molecule has 3 aromatic rings. The van der Waals surface area contributed by atoms with Gasteiger partial charge < -0.3 is 19.9 Å². The molecular weight excluding hydrogens is 384 g/mol. The molecule has 0 spiro atoms. The van der Waals surface area contributed by atoms with Crippen molar-refractivity contribution in [2.24, 2.45) is 0 Å². The summed E-state index contributed by atoms with van der Waals surface area (Å²) >= 11 is 0. The quantitative estimate of drug-likeness (QED) is 0.486. The van der Waals surface area contributed by atoms with Crippen molar-refractivity contribution >= 4 is 28.7 Å². The predicted molar refractivity (Wildman–Crippen MR) is 114 cm³/mol. The molecule has 1 aromatic heterocycles. The molecule has 2 aromatic carbocycles. The van der Waals surface area contributed by atoms with Gasteiger partial charge in [-0.3, -0.25) is 9.36 Å². The molecule has 0 radical (unpaired) electrons. The lowest BCUT2D eigenvalue weighted by Crippen LogP contribution is -2.26. The molecule has 7 heteroatoms. The zero-order chi connectivity index (χ0) is 21.9. The van der Waals surface area contributed by atoms with Gasteiger partial charge in [-0.15, -0.1) is 0 Å². The van der Waals surface area contributed by atoms with Crippen molar-refractivity contribution in [2.75, 3.05) is 5.73 Å². The van der Waals surface area contributed by atoms with E-state index in [0.29, 0.717) is 34.5 Å². The lowest BCUT2D eigenvalue weighted by atomic mass is 10.1. The molecule has 0 amide bonds. The van der Waals surface area contributed by atoms with Crippen molar-refractivity contribution in [1.82, 2.24) is 4.57 Å². The second-order valence-electron chi connectivity index (χ2n) is 7.97. The number of fused-ring (bicyclic) bond motifs is 1. The summed E-state index contributed by atoms with van der Waals surface area (Å²) in [7, 11) is 0. The average molecular weight is 410 g/mol. The molecule has 0 atom stereocenters. The Balaban J connectivity index is 2.00. The molecule has 0 aliphatic carbocycles. The fourth-order valence-electron chi connectivity index (χ4n) is 2.95. The molecule has 2 N–H and O–H groups in total. The molecule has 0 aliphatic heterocycles. The number of nitrogens with zero attached hydrogens (tertiary/aromatic N) is 1. The summed E-state index contributed by atoms with van der Waals surface area (Å²) in [6.45, 7) is 7.07. The van der Waals surface area contributed by atoms with Crippen LogP contribution in [0.3, 0.4) is 0 Å². The number of ether oxygens (including phenoxy) is 3. The molecule has 0 unspecified atom stereocenters. The van der Waals surface area contributed by atoms with Crippen LogP contribution in [-0.2, 0) is 27.5 Å². The number of rotatable bonds is 5. The van der Waals surface area contributed by atoms with E-state index in [1.165, 1.54) is 11.5 Å². The summed E-state index contributed by atoms with van der Waals surface area (Å²) in [6.07, 6.45) is 1.06. The standard InChI is InChI=1S/C23H26N2O5/c1-15(26)28-14-17-12-25(22(27)30-23(2,3)4)20-11-21(19(24)10-18(17)20)29-13-16-8-6-5-7-9-16/h5-12H,13-14,24H2,1-4H3. The largest absolute Gasteiger partial charge is 0.487 e. The van der Waals surface area contributed by atoms with Crippen molar-refractivity contribution in [2.45, 2.75) is 46.5 Å². The van der Waals surface area contributed by atoms with Gasteiger partial charge in [0.15, 0.2) is 0 Å². The molecule has 7 nitrogen and oxygen atoms in total. The molecule has 0 fully saturated rings. The van der Waals surface area contributed by atoms with Gasteiger partial charge in [0.1, 0.15) is 24.6 Å². The van der Waals surface area contributed by atoms with Crippen LogP contribution in [0.1, 0.15) is 38.8 Å². The molecule has 0 saturated carbocycles. The van der Waals surface area contributed by atoms with Crippen LogP contribution >= 0.6 is 0 Å². The number of benzene rings is 2. The number of anilines is 1. The van der Waals surface area contributed by atoms with E-state index in [1.54, 1.807) is 39.1 Å². The van der Waals surface area contributed by atoms with E-state index in [2.05, 4.69) is 0 Å². The van der Waals surface area contributed by atoms with Crippen molar-refractivity contribution in [1.29, 1.82) is 0 Å². The molecule has 0 aliphatic rings. The maximum Gasteiger partial charge on any atom is 0.419 e. The van der Waals surface area contributed by atoms with Crippen LogP contribution in [0.5, 0.6) is 5.75 Å². The highest BCUT2D eigenvalue weighted by Crippen LogP contribution is 2.33. The molecule has 158 valence electrons. The van der Waals surface area contributed by atoms with Crippen molar-refractivity contribution in [3.8, 4) is 5.75 Å². The number of hydrogen-bond donors (Lipinski definition) is 1. The minimum Gasteiger partial charge on any atom is -0.487 e. The summed E-state index contributed by atoms with van der Waals surface area (Å²) in [6, 6.07) is 13.1. The number of esters is 1. The molecular formula is C23H26N2O5. The average Bonchev–Trinajstić information content (AvgIpc) is 3.01. The fraction of sp³-hybridized carbons (Fsp3) is 0.304. The molecule has 0 saturated heterocycles. The highest BCUT2D eigenvalue weighted by molar-refractivity contribution is 5.95. The normalized spacial score (nSPS) is 11.3. The molecule has 0 bridgehead atoms. The zero-order valence-electron chi connectivity index (χ0n) is 17.6. The smallest absolute Gasteiger partial charge is 0.419 e. The first-order valence-electron chi connectivity index (χ1n) is 9.61. The Labute approximate surface area is 175 Å². The summed E-state index contributed by atoms with van der Waals surface area (Å²) < 4.78 is 17.9. The first-order valence-corrected chi connectivity index (χ1v) is 9.61. The third kappa shape index (κ3) is 5.11. The fourth-order valence-corrected chi connectivity index (χ4v) is 2.95. The van der Waals surface area contributed by atoms with Gasteiger partial charge in [0.2, 0.25) is 0 Å². The molecule has 1 heterocycles. The van der Waals surface area contributed by atoms with Crippen LogP contribution in [-0.4, -0.2) is 22.2 Å². The molecule has 30 heavy (non-hydrogen) atoms. The number of aromatic nitrogens is 1. The minimum atomic E-state index is -0.663. The Morgan fingerprint density at radius 3 is 2.40 bits per heavy atom. The third-order valence-electron chi connectivity index (χ3n) is 4.28. The summed E-state index contributed by atoms with van der Waals surface area (Å²) in [5, 5.41) is 0.687. The second kappa shape index (κ2) is 8.49. The predicted octanol–water partition coefficient (Wildman–Crippen LogP) is 4.65. The van der Waals surface area contributed by atoms with Gasteiger partial charge in [0.05, 0.1) is 11.2 Å². The topological polar surface area (TPSA) is 92.8 Å². The van der Waals surface area contributed by atoms with Gasteiger partial charge in [-0.25, -0.2) is 4.79 Å². The zero-order valence-corrected chi connectivity index (χ0v) is 17.6. The summed E-state index contributed by atoms with van der Waals surface area (Å²) in [5.74, 6) is 0.0391. The summed E-state index contributed by atoms with van der Waals surface area (Å²) in [4.78, 5) is 24.0. The van der Waals surface area contributed by atoms with E-state index in [1.807, 2.05) is 30.3 Å². The van der Waals surface area contributed by atoms with Crippen molar-refractivity contribution in [3.63, 3.8) is 0 Å². The van der Waals surface area contributed by atoms with Crippen LogP contribution in [0.4, 0.5) is 10.5 Å². The number of carbonyl (C=O) groups excluding carboxylic acids is 2. The number of carbonyl (C=O) groups is 2. The van der Waals surface area contributed by atoms with Crippen molar-refractivity contribution < 1.29 is 23.8 Å². The van der Waals surface area contributed by atoms with Crippen LogP contribution in [0.25, 0.3) is 10.9 Å². The number of nitrogen functional groups attached to an aromatic ring is 1. The van der Waals surface area contributed by atoms with E-state index in [0.717, 1.165) is 5.56 Å². The SMILES string of the molecule is CC(=O)OCc1cn(C(=O)OC(C)(C)C)c2cc(OCc3ccccc3)c(N)cc12. The van der Waals surface area contributed by atoms with Gasteiger partial charge in [-0.1, -0.05) is 30.3 Å². The lowest BCUT2D eigenvalue weighted by molar-refractivity contribution is -0.142. The van der Waals surface area contributed by atoms with E-state index in [-0.39, 0.29) is 6.61 Å². The third-order valence-corrected chi connectivity index (χ3v) is 4.28. The Bertz CT molecular complexity index is 1060. The van der Waals surface area contributed by atoms with Gasteiger partial charge in [-0.05, 0) is 32.4 Å². The van der Waals surface area contributed by atoms with Crippen LogP contribution in [0.2, 0.25) is 0 Å². The highest BCUT2D eigenvalue weighted by Gasteiger charge is 2.22. The van der Waals surface area contributed by atoms with Crippen molar-refractivity contribution in [3.05, 3.63) is 59.8 Å². The Morgan fingerprint density at radius 1 is 1.07 bits per heavy atom. The van der Waals surface area contributed by atoms with E-state index in [4.69, 9.17) is 19.9 Å². The maximum atomic E-state index is 12.8. The second-order valence-corrected chi connectivity index (χ2v) is 7.97. The van der Waals surface area contributed by atoms with E-state index < -0.39 is 17.7 Å². The minimum absolute atomic E-state index is 0.0191. The van der Waals surface area contributed by atoms with Gasteiger partial charge in [0.25, 0.3) is 0 Å². The molecule has 3 rings (SSSR count). The van der Waals surface area contributed by atoms with E-state index >= 15 is 0 Å². The van der Waals surface area contributed by atoms with Gasteiger partial charge in [0, 0.05) is 30.1 Å². The Kier molecular flexibility index (Phi) is 6.01. The number of hydrogen-bond acceptors (Lipinski definition) is 6. The maximum absolute atomic E-state index is 12.8. The summed E-state index contributed by atoms with van der Waals surface area (Å²) in [5.41, 5.74) is 8.16. The first-order chi connectivity index (χ1) is 14.1. The Morgan fingerprint density at radius 2 is 1.77 bits per heavy atom. The lowest BCUT2D eigenvalue weighted by Gasteiger charge is -2.20. The van der Waals surface area contributed by atoms with Gasteiger partial charge >= 0.3 is 12.1 Å². The van der Waals surface area contributed by atoms with E-state index in [9.17, 15) is 9.59 Å². The highest BCUT2D eigenvalue weighted by atomic mass is 16.6. The van der Waals surface area contributed by atoms with Crippen LogP contribution in [0.15, 0.2) is 48.7 Å². The first kappa shape index (κ1) is 21.2. The Hall–Kier alpha value is -3.48. The number of nitrogens with two attached hydrogens (primary N) is 1.